The molecule has 0 saturated carbocycles. The van der Waals surface area contributed by atoms with Crippen molar-refractivity contribution in [3.8, 4) is 0 Å². The van der Waals surface area contributed by atoms with E-state index in [0.717, 1.165) is 12.5 Å². The van der Waals surface area contributed by atoms with Gasteiger partial charge in [-0.05, 0) is 31.9 Å². The van der Waals surface area contributed by atoms with E-state index in [2.05, 4.69) is 4.72 Å². The molecule has 2 rings (SSSR count). The molecule has 1 heterocycles. The average molecular weight is 338 g/mol. The number of nitrogens with one attached hydrogen (secondary N) is 1. The lowest BCUT2D eigenvalue weighted by Crippen LogP contribution is -2.51. The zero-order valence-corrected chi connectivity index (χ0v) is 13.1. The van der Waals surface area contributed by atoms with Gasteiger partial charge in [-0.25, -0.2) is 17.5 Å². The molecule has 1 aromatic carbocycles. The third-order valence-corrected chi connectivity index (χ3v) is 5.21. The van der Waals surface area contributed by atoms with E-state index in [1.807, 2.05) is 0 Å². The van der Waals surface area contributed by atoms with E-state index in [1.54, 1.807) is 6.92 Å². The van der Waals surface area contributed by atoms with E-state index >= 15 is 0 Å². The molecule has 0 aromatic heterocycles. The van der Waals surface area contributed by atoms with Crippen LogP contribution in [0.1, 0.15) is 25.3 Å². The minimum atomic E-state index is -4.10. The second-order valence-electron chi connectivity index (χ2n) is 5.36. The highest BCUT2D eigenvalue weighted by atomic mass is 35.5. The number of hydrogen-bond donors (Lipinski definition) is 2. The van der Waals surface area contributed by atoms with Gasteiger partial charge in [0.25, 0.3) is 0 Å². The Bertz CT molecular complexity index is 629. The van der Waals surface area contributed by atoms with Crippen molar-refractivity contribution < 1.29 is 22.7 Å². The topological polar surface area (TPSA) is 75.6 Å². The Balaban J connectivity index is 2.38. The van der Waals surface area contributed by atoms with Gasteiger partial charge in [0, 0.05) is 17.2 Å². The van der Waals surface area contributed by atoms with Gasteiger partial charge in [0.2, 0.25) is 10.0 Å². The maximum atomic E-state index is 14.2. The van der Waals surface area contributed by atoms with Gasteiger partial charge in [-0.1, -0.05) is 11.6 Å². The average Bonchev–Trinajstić information content (AvgIpc) is 2.40. The fourth-order valence-corrected chi connectivity index (χ4v) is 4.20. The molecule has 0 radical (unpaired) electrons. The summed E-state index contributed by atoms with van der Waals surface area (Å²) >= 11 is 5.79. The Hall–Kier alpha value is -0.730. The summed E-state index contributed by atoms with van der Waals surface area (Å²) in [5.74, 6) is -0.991. The molecule has 1 aliphatic rings. The highest BCUT2D eigenvalue weighted by Crippen LogP contribution is 2.27. The van der Waals surface area contributed by atoms with Crippen molar-refractivity contribution >= 4 is 21.6 Å². The van der Waals surface area contributed by atoms with Gasteiger partial charge in [-0.3, -0.25) is 0 Å². The number of halogens is 2. The Labute approximate surface area is 128 Å². The van der Waals surface area contributed by atoms with Crippen molar-refractivity contribution in [2.24, 2.45) is 0 Å². The zero-order chi connectivity index (χ0) is 15.7. The first kappa shape index (κ1) is 16.6. The number of aliphatic hydroxyl groups is 1. The molecule has 1 aliphatic heterocycles. The number of benzene rings is 1. The second kappa shape index (κ2) is 6.18. The summed E-state index contributed by atoms with van der Waals surface area (Å²) in [5.41, 5.74) is -0.946. The molecule has 0 amide bonds. The molecule has 0 aliphatic carbocycles. The Kier molecular flexibility index (Phi) is 4.89. The Morgan fingerprint density at radius 3 is 2.81 bits per heavy atom. The molecule has 8 heteroatoms. The van der Waals surface area contributed by atoms with Crippen LogP contribution in [0.3, 0.4) is 0 Å². The number of ether oxygens (including phenoxy) is 1. The normalized spacial score (nSPS) is 23.2. The summed E-state index contributed by atoms with van der Waals surface area (Å²) in [4.78, 5) is -0.564. The molecule has 1 atom stereocenters. The van der Waals surface area contributed by atoms with E-state index in [0.29, 0.717) is 13.0 Å². The molecular formula is C13H17ClFNO4S. The maximum absolute atomic E-state index is 14.2. The third-order valence-electron chi connectivity index (χ3n) is 3.36. The van der Waals surface area contributed by atoms with Crippen LogP contribution >= 0.6 is 11.6 Å². The van der Waals surface area contributed by atoms with Crippen LogP contribution in [-0.2, 0) is 21.4 Å². The van der Waals surface area contributed by atoms with E-state index in [-0.39, 0.29) is 17.2 Å². The van der Waals surface area contributed by atoms with E-state index in [1.165, 1.54) is 6.07 Å². The molecule has 118 valence electrons. The van der Waals surface area contributed by atoms with Gasteiger partial charge >= 0.3 is 0 Å². The first-order chi connectivity index (χ1) is 9.77. The molecule has 1 saturated heterocycles. The second-order valence-corrected chi connectivity index (χ2v) is 7.44. The van der Waals surface area contributed by atoms with Crippen molar-refractivity contribution in [3.63, 3.8) is 0 Å². The van der Waals surface area contributed by atoms with Crippen molar-refractivity contribution in [2.45, 2.75) is 36.8 Å². The summed E-state index contributed by atoms with van der Waals surface area (Å²) in [6.07, 6.45) is 1.32. The summed E-state index contributed by atoms with van der Waals surface area (Å²) in [6.45, 7) is 1.88. The lowest BCUT2D eigenvalue weighted by molar-refractivity contribution is 0.0386. The molecular weight excluding hydrogens is 321 g/mol. The number of aliphatic hydroxyl groups excluding tert-OH is 1. The van der Waals surface area contributed by atoms with E-state index in [4.69, 9.17) is 21.4 Å². The first-order valence-corrected chi connectivity index (χ1v) is 8.34. The van der Waals surface area contributed by atoms with Crippen LogP contribution in [0.5, 0.6) is 0 Å². The molecule has 0 bridgehead atoms. The largest absolute Gasteiger partial charge is 0.392 e. The van der Waals surface area contributed by atoms with E-state index in [9.17, 15) is 12.8 Å². The monoisotopic (exact) mass is 337 g/mol. The molecule has 1 aromatic rings. The summed E-state index contributed by atoms with van der Waals surface area (Å²) in [5, 5.41) is 9.12. The number of rotatable bonds is 4. The van der Waals surface area contributed by atoms with Crippen molar-refractivity contribution in [2.75, 3.05) is 13.2 Å². The highest BCUT2D eigenvalue weighted by Gasteiger charge is 2.34. The van der Waals surface area contributed by atoms with Crippen LogP contribution in [0.4, 0.5) is 4.39 Å². The summed E-state index contributed by atoms with van der Waals surface area (Å²) < 4.78 is 46.7. The zero-order valence-electron chi connectivity index (χ0n) is 11.5. The van der Waals surface area contributed by atoms with Gasteiger partial charge in [-0.2, -0.15) is 0 Å². The molecule has 21 heavy (non-hydrogen) atoms. The van der Waals surface area contributed by atoms with Crippen molar-refractivity contribution in [1.29, 1.82) is 0 Å². The fourth-order valence-electron chi connectivity index (χ4n) is 2.32. The van der Waals surface area contributed by atoms with Gasteiger partial charge < -0.3 is 9.84 Å². The summed E-state index contributed by atoms with van der Waals surface area (Å²) in [6, 6.07) is 2.23. The third kappa shape index (κ3) is 3.73. The SMILES string of the molecule is CC1(NS(=O)(=O)c2cc(Cl)cc(CO)c2F)CCCOC1. The molecule has 5 nitrogen and oxygen atoms in total. The standard InChI is InChI=1S/C13H17ClFNO4S/c1-13(3-2-4-20-8-13)16-21(18,19)11-6-10(14)5-9(7-17)12(11)15/h5-6,16-17H,2-4,7-8H2,1H3. The maximum Gasteiger partial charge on any atom is 0.244 e. The van der Waals surface area contributed by atoms with Crippen LogP contribution in [0.2, 0.25) is 5.02 Å². The molecule has 2 N–H and O–H groups in total. The number of hydrogen-bond acceptors (Lipinski definition) is 4. The summed E-state index contributed by atoms with van der Waals surface area (Å²) in [7, 11) is -4.10. The first-order valence-electron chi connectivity index (χ1n) is 6.48. The van der Waals surface area contributed by atoms with Gasteiger partial charge in [0.05, 0.1) is 18.8 Å². The lowest BCUT2D eigenvalue weighted by atomic mass is 9.97. The molecule has 0 spiro atoms. The minimum Gasteiger partial charge on any atom is -0.392 e. The predicted molar refractivity (Wildman–Crippen MR) is 76.1 cm³/mol. The van der Waals surface area contributed by atoms with Crippen LogP contribution in [0.15, 0.2) is 17.0 Å². The van der Waals surface area contributed by atoms with Gasteiger partial charge in [0.1, 0.15) is 10.7 Å². The van der Waals surface area contributed by atoms with Crippen LogP contribution in [0.25, 0.3) is 0 Å². The van der Waals surface area contributed by atoms with Crippen molar-refractivity contribution in [1.82, 2.24) is 4.72 Å². The quantitative estimate of drug-likeness (QED) is 0.878. The Morgan fingerprint density at radius 2 is 2.24 bits per heavy atom. The van der Waals surface area contributed by atoms with Gasteiger partial charge in [-0.15, -0.1) is 0 Å². The fraction of sp³-hybridized carbons (Fsp3) is 0.538. The van der Waals surface area contributed by atoms with E-state index < -0.39 is 32.9 Å². The molecule has 1 unspecified atom stereocenters. The van der Waals surface area contributed by atoms with Crippen LogP contribution in [0, 0.1) is 5.82 Å². The van der Waals surface area contributed by atoms with Crippen molar-refractivity contribution in [3.05, 3.63) is 28.5 Å². The van der Waals surface area contributed by atoms with Crippen LogP contribution < -0.4 is 4.72 Å². The predicted octanol–water partition coefficient (Wildman–Crippen LogP) is 1.82. The van der Waals surface area contributed by atoms with Gasteiger partial charge in [0.15, 0.2) is 0 Å². The smallest absolute Gasteiger partial charge is 0.244 e. The highest BCUT2D eigenvalue weighted by molar-refractivity contribution is 7.89. The molecule has 1 fully saturated rings. The number of sulfonamides is 1. The minimum absolute atomic E-state index is 0.0471. The lowest BCUT2D eigenvalue weighted by Gasteiger charge is -2.33. The van der Waals surface area contributed by atoms with Crippen LogP contribution in [-0.4, -0.2) is 32.3 Å². The Morgan fingerprint density at radius 1 is 1.52 bits per heavy atom.